The minimum Gasteiger partial charge on any atom is -0.497 e. The van der Waals surface area contributed by atoms with Crippen LogP contribution in [0.4, 0.5) is 5.69 Å². The normalized spacial score (nSPS) is 23.6. The zero-order valence-electron chi connectivity index (χ0n) is 20.8. The van der Waals surface area contributed by atoms with Gasteiger partial charge in [0.2, 0.25) is 11.8 Å². The molecule has 1 saturated heterocycles. The van der Waals surface area contributed by atoms with Crippen molar-refractivity contribution in [1.82, 2.24) is 0 Å². The van der Waals surface area contributed by atoms with E-state index in [-0.39, 0.29) is 11.8 Å². The van der Waals surface area contributed by atoms with Gasteiger partial charge >= 0.3 is 5.97 Å². The van der Waals surface area contributed by atoms with Gasteiger partial charge in [0, 0.05) is 21.3 Å². The van der Waals surface area contributed by atoms with E-state index >= 15 is 0 Å². The maximum absolute atomic E-state index is 14.1. The number of rotatable bonds is 3. The van der Waals surface area contributed by atoms with Gasteiger partial charge in [0.25, 0.3) is 0 Å². The molecule has 0 aromatic heterocycles. The maximum Gasteiger partial charge on any atom is 0.319 e. The molecule has 0 saturated carbocycles. The van der Waals surface area contributed by atoms with Gasteiger partial charge in [0.05, 0.1) is 30.6 Å². The first kappa shape index (κ1) is 23.9. The molecule has 192 valence electrons. The van der Waals surface area contributed by atoms with Crippen LogP contribution in [0.25, 0.3) is 16.3 Å². The fourth-order valence-electron chi connectivity index (χ4n) is 6.28. The number of nitrogens with zero attached hydrogens (tertiary/aromatic N) is 1. The number of carbonyl (C=O) groups is 3. The van der Waals surface area contributed by atoms with Crippen molar-refractivity contribution in [2.75, 3.05) is 12.0 Å². The predicted molar refractivity (Wildman–Crippen MR) is 150 cm³/mol. The van der Waals surface area contributed by atoms with Gasteiger partial charge in [0.1, 0.15) is 11.5 Å². The lowest BCUT2D eigenvalue weighted by atomic mass is 9.64. The SMILES string of the molecule is COc1ccc([C@@H]2C=C3c4ccc5ccccc5c4OC(=O)[C@@H]3[C@H]3C(=O)N(c4ccc(Br)cc4)C(=O)[C@H]32)cc1. The molecule has 1 fully saturated rings. The summed E-state index contributed by atoms with van der Waals surface area (Å²) >= 11 is 3.41. The van der Waals surface area contributed by atoms with Crippen LogP contribution in [0.15, 0.2) is 95.5 Å². The molecule has 0 bridgehead atoms. The van der Waals surface area contributed by atoms with E-state index in [2.05, 4.69) is 15.9 Å². The molecule has 2 aliphatic heterocycles. The lowest BCUT2D eigenvalue weighted by molar-refractivity contribution is -0.142. The van der Waals surface area contributed by atoms with Crippen LogP contribution in [-0.2, 0) is 14.4 Å². The van der Waals surface area contributed by atoms with Crippen LogP contribution in [0, 0.1) is 17.8 Å². The molecule has 0 radical (unpaired) electrons. The topological polar surface area (TPSA) is 72.9 Å². The van der Waals surface area contributed by atoms with Gasteiger partial charge in [0.15, 0.2) is 0 Å². The molecule has 4 atom stereocenters. The summed E-state index contributed by atoms with van der Waals surface area (Å²) in [5.41, 5.74) is 2.86. The molecule has 4 aromatic rings. The zero-order valence-corrected chi connectivity index (χ0v) is 22.4. The number of amides is 2. The number of fused-ring (bicyclic) bond motifs is 7. The number of hydrogen-bond acceptors (Lipinski definition) is 5. The minimum atomic E-state index is -0.889. The molecule has 1 aliphatic carbocycles. The highest BCUT2D eigenvalue weighted by Gasteiger charge is 2.60. The molecule has 0 unspecified atom stereocenters. The Morgan fingerprint density at radius 1 is 0.821 bits per heavy atom. The number of carbonyl (C=O) groups excluding carboxylic acids is 3. The molecule has 39 heavy (non-hydrogen) atoms. The van der Waals surface area contributed by atoms with Crippen LogP contribution >= 0.6 is 15.9 Å². The van der Waals surface area contributed by atoms with Crippen molar-refractivity contribution in [1.29, 1.82) is 0 Å². The highest BCUT2D eigenvalue weighted by Crippen LogP contribution is 2.55. The molecule has 6 nitrogen and oxygen atoms in total. The summed E-state index contributed by atoms with van der Waals surface area (Å²) in [5.74, 6) is -2.97. The number of benzene rings is 4. The van der Waals surface area contributed by atoms with E-state index < -0.39 is 29.6 Å². The van der Waals surface area contributed by atoms with Gasteiger partial charge in [-0.15, -0.1) is 0 Å². The summed E-state index contributed by atoms with van der Waals surface area (Å²) in [6.45, 7) is 0. The van der Waals surface area contributed by atoms with Crippen LogP contribution < -0.4 is 14.4 Å². The van der Waals surface area contributed by atoms with E-state index in [0.717, 1.165) is 31.9 Å². The van der Waals surface area contributed by atoms with Crippen molar-refractivity contribution in [2.24, 2.45) is 17.8 Å². The molecule has 4 aromatic carbocycles. The minimum absolute atomic E-state index is 0.319. The van der Waals surface area contributed by atoms with E-state index in [9.17, 15) is 14.4 Å². The van der Waals surface area contributed by atoms with Crippen molar-refractivity contribution >= 4 is 55.7 Å². The predicted octanol–water partition coefficient (Wildman–Crippen LogP) is 6.13. The fourth-order valence-corrected chi connectivity index (χ4v) is 6.55. The fraction of sp³-hybridized carbons (Fsp3) is 0.156. The van der Waals surface area contributed by atoms with Crippen LogP contribution in [0.5, 0.6) is 11.5 Å². The van der Waals surface area contributed by atoms with Gasteiger partial charge in [-0.25, -0.2) is 4.90 Å². The van der Waals surface area contributed by atoms with E-state index in [4.69, 9.17) is 9.47 Å². The quantitative estimate of drug-likeness (QED) is 0.166. The number of ether oxygens (including phenoxy) is 2. The summed E-state index contributed by atoms with van der Waals surface area (Å²) in [6.07, 6.45) is 2.00. The number of esters is 1. The summed E-state index contributed by atoms with van der Waals surface area (Å²) in [4.78, 5) is 43.0. The van der Waals surface area contributed by atoms with Crippen molar-refractivity contribution < 1.29 is 23.9 Å². The molecule has 0 spiro atoms. The molecular weight excluding hydrogens is 558 g/mol. The lowest BCUT2D eigenvalue weighted by Crippen LogP contribution is -2.42. The van der Waals surface area contributed by atoms with Crippen molar-refractivity contribution in [2.45, 2.75) is 5.92 Å². The highest BCUT2D eigenvalue weighted by atomic mass is 79.9. The van der Waals surface area contributed by atoms with Crippen LogP contribution in [0.1, 0.15) is 17.0 Å². The van der Waals surface area contributed by atoms with Gasteiger partial charge in [-0.05, 0) is 52.9 Å². The molecule has 2 amide bonds. The summed E-state index contributed by atoms with van der Waals surface area (Å²) < 4.78 is 12.1. The maximum atomic E-state index is 14.1. The number of imide groups is 1. The summed E-state index contributed by atoms with van der Waals surface area (Å²) in [6, 6.07) is 26.2. The molecule has 3 aliphatic rings. The number of methoxy groups -OCH3 is 1. The first-order valence-electron chi connectivity index (χ1n) is 12.7. The standard InChI is InChI=1S/C32H22BrNO5/c1-38-21-13-6-18(7-14-21)24-16-25-23-15-8-17-4-2-3-5-22(17)29(23)39-32(37)27(25)28-26(24)30(35)34(31(28)36)20-11-9-19(33)10-12-20/h2-16,24,26-28H,1H3/t24-,26-,27-,28-/m0/s1. The Morgan fingerprint density at radius 3 is 2.28 bits per heavy atom. The second-order valence-corrected chi connectivity index (χ2v) is 10.9. The Balaban J connectivity index is 1.43. The zero-order chi connectivity index (χ0) is 26.8. The average Bonchev–Trinajstić information content (AvgIpc) is 3.23. The number of anilines is 1. The van der Waals surface area contributed by atoms with Gasteiger partial charge < -0.3 is 9.47 Å². The Hall–Kier alpha value is -4.23. The second kappa shape index (κ2) is 8.92. The Morgan fingerprint density at radius 2 is 1.54 bits per heavy atom. The third-order valence-corrected chi connectivity index (χ3v) is 8.60. The van der Waals surface area contributed by atoms with E-state index in [1.807, 2.05) is 66.7 Å². The Bertz CT molecular complexity index is 1710. The van der Waals surface area contributed by atoms with Gasteiger partial charge in [-0.1, -0.05) is 70.5 Å². The Kier molecular flexibility index (Phi) is 5.45. The van der Waals surface area contributed by atoms with Crippen molar-refractivity contribution in [3.63, 3.8) is 0 Å². The summed E-state index contributed by atoms with van der Waals surface area (Å²) in [7, 11) is 1.60. The van der Waals surface area contributed by atoms with Crippen LogP contribution in [-0.4, -0.2) is 24.9 Å². The number of hydrogen-bond donors (Lipinski definition) is 0. The second-order valence-electron chi connectivity index (χ2n) is 10.0. The van der Waals surface area contributed by atoms with Crippen molar-refractivity contribution in [3.05, 3.63) is 107 Å². The number of allylic oxidation sites excluding steroid dienone is 1. The van der Waals surface area contributed by atoms with Crippen LogP contribution in [0.3, 0.4) is 0 Å². The molecule has 0 N–H and O–H groups in total. The van der Waals surface area contributed by atoms with Crippen LogP contribution in [0.2, 0.25) is 0 Å². The van der Waals surface area contributed by atoms with Gasteiger partial charge in [-0.2, -0.15) is 0 Å². The average molecular weight is 580 g/mol. The lowest BCUT2D eigenvalue weighted by Gasteiger charge is -2.38. The summed E-state index contributed by atoms with van der Waals surface area (Å²) in [5, 5.41) is 1.79. The molecule has 2 heterocycles. The Labute approximate surface area is 233 Å². The third kappa shape index (κ3) is 3.57. The first-order chi connectivity index (χ1) is 19.0. The van der Waals surface area contributed by atoms with E-state index in [0.29, 0.717) is 17.2 Å². The van der Waals surface area contributed by atoms with E-state index in [1.165, 1.54) is 4.90 Å². The van der Waals surface area contributed by atoms with Crippen molar-refractivity contribution in [3.8, 4) is 11.5 Å². The molecule has 7 rings (SSSR count). The third-order valence-electron chi connectivity index (χ3n) is 8.07. The molecule has 7 heteroatoms. The van der Waals surface area contributed by atoms with E-state index in [1.54, 1.807) is 31.4 Å². The number of halogens is 1. The monoisotopic (exact) mass is 579 g/mol. The van der Waals surface area contributed by atoms with Gasteiger partial charge in [-0.3, -0.25) is 14.4 Å². The molecular formula is C32H22BrNO5. The first-order valence-corrected chi connectivity index (χ1v) is 13.5. The largest absolute Gasteiger partial charge is 0.497 e. The highest BCUT2D eigenvalue weighted by molar-refractivity contribution is 9.10. The smallest absolute Gasteiger partial charge is 0.319 e.